The lowest BCUT2D eigenvalue weighted by Gasteiger charge is -2.39. The molecule has 2 aliphatic rings. The fourth-order valence-electron chi connectivity index (χ4n) is 8.72. The van der Waals surface area contributed by atoms with Crippen molar-refractivity contribution in [2.45, 2.75) is 15.2 Å². The van der Waals surface area contributed by atoms with E-state index in [1.54, 1.807) is 0 Å². The molecule has 8 aromatic carbocycles. The highest BCUT2D eigenvalue weighted by Gasteiger charge is 2.50. The van der Waals surface area contributed by atoms with Crippen LogP contribution in [0.25, 0.3) is 44.2 Å². The third-order valence-corrected chi connectivity index (χ3v) is 12.1. The maximum atomic E-state index is 6.43. The summed E-state index contributed by atoms with van der Waals surface area (Å²) in [4.78, 5) is 4.99. The third-order valence-electron chi connectivity index (χ3n) is 10.9. The number of benzene rings is 8. The van der Waals surface area contributed by atoms with E-state index < -0.39 is 5.41 Å². The Hall–Kier alpha value is -6.29. The molecule has 0 fully saturated rings. The Labute approximate surface area is 306 Å². The molecule has 1 aliphatic heterocycles. The minimum absolute atomic E-state index is 0.405. The number of hydrogen-bond donors (Lipinski definition) is 0. The van der Waals surface area contributed by atoms with Crippen molar-refractivity contribution in [2.75, 3.05) is 4.90 Å². The summed E-state index contributed by atoms with van der Waals surface area (Å²) in [5, 5.41) is 2.25. The largest absolute Gasteiger partial charge is 0.456 e. The normalized spacial score (nSPS) is 13.5. The van der Waals surface area contributed by atoms with Gasteiger partial charge in [0.1, 0.15) is 11.2 Å². The zero-order valence-electron chi connectivity index (χ0n) is 28.2. The molecule has 244 valence electrons. The second-order valence-electron chi connectivity index (χ2n) is 13.6. The minimum Gasteiger partial charge on any atom is -0.456 e. The van der Waals surface area contributed by atoms with E-state index >= 15 is 0 Å². The molecule has 0 amide bonds. The van der Waals surface area contributed by atoms with Gasteiger partial charge in [0.05, 0.1) is 5.41 Å². The molecule has 1 aliphatic carbocycles. The number of fused-ring (bicyclic) bond motifs is 12. The molecular formula is C49H31NOS. The van der Waals surface area contributed by atoms with Crippen LogP contribution in [0.4, 0.5) is 17.1 Å². The van der Waals surface area contributed by atoms with E-state index in [2.05, 4.69) is 181 Å². The van der Waals surface area contributed by atoms with Gasteiger partial charge < -0.3 is 9.32 Å². The van der Waals surface area contributed by atoms with Crippen LogP contribution in [0.5, 0.6) is 0 Å². The Balaban J connectivity index is 1.14. The van der Waals surface area contributed by atoms with Gasteiger partial charge in [-0.1, -0.05) is 139 Å². The van der Waals surface area contributed by atoms with Crippen molar-refractivity contribution in [1.82, 2.24) is 0 Å². The van der Waals surface area contributed by atoms with Crippen LogP contribution >= 0.6 is 11.8 Å². The lowest BCUT2D eigenvalue weighted by Crippen LogP contribution is -2.31. The van der Waals surface area contributed by atoms with Gasteiger partial charge in [-0.25, -0.2) is 0 Å². The summed E-state index contributed by atoms with van der Waals surface area (Å²) in [5.74, 6) is 0. The van der Waals surface area contributed by atoms with Gasteiger partial charge in [0.25, 0.3) is 0 Å². The zero-order chi connectivity index (χ0) is 34.2. The maximum absolute atomic E-state index is 6.43. The maximum Gasteiger partial charge on any atom is 0.137 e. The summed E-state index contributed by atoms with van der Waals surface area (Å²) < 4.78 is 6.43. The molecule has 1 spiro atoms. The number of rotatable bonds is 4. The molecule has 52 heavy (non-hydrogen) atoms. The first-order valence-electron chi connectivity index (χ1n) is 17.8. The van der Waals surface area contributed by atoms with E-state index in [0.29, 0.717) is 0 Å². The molecule has 3 heteroatoms. The molecule has 2 nitrogen and oxygen atoms in total. The number of para-hydroxylation sites is 1. The van der Waals surface area contributed by atoms with Crippen LogP contribution in [-0.2, 0) is 5.41 Å². The number of furan rings is 1. The molecular weight excluding hydrogens is 651 g/mol. The van der Waals surface area contributed by atoms with Crippen LogP contribution < -0.4 is 4.90 Å². The average Bonchev–Trinajstić information content (AvgIpc) is 3.72. The van der Waals surface area contributed by atoms with Crippen molar-refractivity contribution in [3.63, 3.8) is 0 Å². The Morgan fingerprint density at radius 2 is 0.942 bits per heavy atom. The highest BCUT2D eigenvalue weighted by Crippen LogP contribution is 2.62. The van der Waals surface area contributed by atoms with Gasteiger partial charge >= 0.3 is 0 Å². The number of nitrogens with zero attached hydrogens (tertiary/aromatic N) is 1. The molecule has 0 unspecified atom stereocenters. The lowest BCUT2D eigenvalue weighted by atomic mass is 9.67. The molecule has 0 N–H and O–H groups in total. The summed E-state index contributed by atoms with van der Waals surface area (Å²) in [6.07, 6.45) is 0. The average molecular weight is 682 g/mol. The van der Waals surface area contributed by atoms with Gasteiger partial charge in [0.2, 0.25) is 0 Å². The van der Waals surface area contributed by atoms with Crippen LogP contribution in [0.15, 0.2) is 202 Å². The van der Waals surface area contributed by atoms with Crippen molar-refractivity contribution in [3.05, 3.63) is 210 Å². The summed E-state index contributed by atoms with van der Waals surface area (Å²) in [6.45, 7) is 0. The topological polar surface area (TPSA) is 16.4 Å². The Kier molecular flexibility index (Phi) is 6.43. The molecule has 11 rings (SSSR count). The standard InChI is InChI=1S/C49H31NOS/c1-2-12-32(13-3-1)33-22-24-34(25-23-33)50(36-26-28-39-38-15-5-9-19-45(38)51-46(39)31-36)35-27-29-42-40(30-35)37-14-4-6-16-41(37)49(42)43-17-7-10-20-47(43)52-48-21-11-8-18-44(48)49/h1-31H. The Morgan fingerprint density at radius 1 is 0.385 bits per heavy atom. The van der Waals surface area contributed by atoms with Gasteiger partial charge in [-0.2, -0.15) is 0 Å². The molecule has 2 heterocycles. The van der Waals surface area contributed by atoms with E-state index in [1.807, 2.05) is 23.9 Å². The van der Waals surface area contributed by atoms with Crippen LogP contribution in [0.3, 0.4) is 0 Å². The predicted octanol–water partition coefficient (Wildman–Crippen LogP) is 13.6. The monoisotopic (exact) mass is 681 g/mol. The van der Waals surface area contributed by atoms with E-state index in [1.165, 1.54) is 54.3 Å². The summed E-state index contributed by atoms with van der Waals surface area (Å²) in [5.41, 5.74) is 14.9. The molecule has 9 aromatic rings. The predicted molar refractivity (Wildman–Crippen MR) is 215 cm³/mol. The Bertz CT molecular complexity index is 2790. The molecule has 0 saturated heterocycles. The van der Waals surface area contributed by atoms with Crippen LogP contribution in [0.2, 0.25) is 0 Å². The summed E-state index contributed by atoms with van der Waals surface area (Å²) >= 11 is 1.88. The molecule has 0 radical (unpaired) electrons. The second kappa shape index (κ2) is 11.4. The molecule has 1 aromatic heterocycles. The first-order valence-corrected chi connectivity index (χ1v) is 18.6. The van der Waals surface area contributed by atoms with Crippen LogP contribution in [-0.4, -0.2) is 0 Å². The first kappa shape index (κ1) is 29.4. The smallest absolute Gasteiger partial charge is 0.137 e. The van der Waals surface area contributed by atoms with E-state index in [0.717, 1.165) is 39.0 Å². The Morgan fingerprint density at radius 3 is 1.73 bits per heavy atom. The lowest BCUT2D eigenvalue weighted by molar-refractivity contribution is 0.669. The van der Waals surface area contributed by atoms with Crippen molar-refractivity contribution in [1.29, 1.82) is 0 Å². The van der Waals surface area contributed by atoms with Crippen molar-refractivity contribution in [3.8, 4) is 22.3 Å². The second-order valence-corrected chi connectivity index (χ2v) is 14.7. The zero-order valence-corrected chi connectivity index (χ0v) is 29.0. The van der Waals surface area contributed by atoms with Gasteiger partial charge in [-0.05, 0) is 99.1 Å². The summed E-state index contributed by atoms with van der Waals surface area (Å²) in [7, 11) is 0. The van der Waals surface area contributed by atoms with Gasteiger partial charge in [0, 0.05) is 43.7 Å². The fraction of sp³-hybridized carbons (Fsp3) is 0.0204. The highest BCUT2D eigenvalue weighted by atomic mass is 32.2. The number of anilines is 3. The van der Waals surface area contributed by atoms with Crippen molar-refractivity contribution >= 4 is 50.8 Å². The van der Waals surface area contributed by atoms with Gasteiger partial charge in [-0.3, -0.25) is 0 Å². The molecule has 0 saturated carbocycles. The van der Waals surface area contributed by atoms with E-state index in [4.69, 9.17) is 4.42 Å². The van der Waals surface area contributed by atoms with Gasteiger partial charge in [-0.15, -0.1) is 0 Å². The van der Waals surface area contributed by atoms with Crippen LogP contribution in [0.1, 0.15) is 22.3 Å². The van der Waals surface area contributed by atoms with E-state index in [9.17, 15) is 0 Å². The fourth-order valence-corrected chi connectivity index (χ4v) is 9.91. The quantitative estimate of drug-likeness (QED) is 0.184. The van der Waals surface area contributed by atoms with Crippen molar-refractivity contribution < 1.29 is 4.42 Å². The minimum atomic E-state index is -0.405. The third kappa shape index (κ3) is 4.20. The number of hydrogen-bond acceptors (Lipinski definition) is 3. The van der Waals surface area contributed by atoms with E-state index in [-0.39, 0.29) is 0 Å². The molecule has 0 bridgehead atoms. The SMILES string of the molecule is c1ccc(-c2ccc(N(c3ccc4c(c3)-c3ccccc3C43c4ccccc4Sc4ccccc43)c3ccc4c(c3)oc3ccccc34)cc2)cc1. The first-order chi connectivity index (χ1) is 25.8. The molecule has 0 atom stereocenters. The summed E-state index contributed by atoms with van der Waals surface area (Å²) in [6, 6.07) is 68.5. The van der Waals surface area contributed by atoms with Crippen molar-refractivity contribution in [2.24, 2.45) is 0 Å². The van der Waals surface area contributed by atoms with Gasteiger partial charge in [0.15, 0.2) is 0 Å². The highest BCUT2D eigenvalue weighted by molar-refractivity contribution is 7.99. The van der Waals surface area contributed by atoms with Crippen LogP contribution in [0, 0.1) is 0 Å².